The van der Waals surface area contributed by atoms with Gasteiger partial charge in [0.2, 0.25) is 17.6 Å². The molecule has 0 bridgehead atoms. The van der Waals surface area contributed by atoms with Gasteiger partial charge in [-0.25, -0.2) is 4.98 Å². The molecular formula is C24H23N5O3S. The largest absolute Gasteiger partial charge is 0.339 e. The summed E-state index contributed by atoms with van der Waals surface area (Å²) < 4.78 is 5.29. The first-order valence-electron chi connectivity index (χ1n) is 10.5. The number of hydrogen-bond acceptors (Lipinski definition) is 7. The standard InChI is InChI=1S/C24H23N5O3S/c1-15(2)16-3-5-17(6-4-16)22-27-21(32-29-22)12-11-20(30)26-19-9-7-18(8-10-19)23(31)28-24-25-13-14-33-24/h3-10,13-15H,11-12H2,1-2H3,(H,26,30)(H,25,28,31). The summed E-state index contributed by atoms with van der Waals surface area (Å²) in [5.41, 5.74) is 3.19. The number of nitrogens with one attached hydrogen (secondary N) is 2. The van der Waals surface area contributed by atoms with Crippen LogP contribution < -0.4 is 10.6 Å². The van der Waals surface area contributed by atoms with E-state index < -0.39 is 0 Å². The van der Waals surface area contributed by atoms with Crippen LogP contribution >= 0.6 is 11.3 Å². The molecule has 0 aliphatic carbocycles. The van der Waals surface area contributed by atoms with Gasteiger partial charge in [-0.15, -0.1) is 11.3 Å². The number of amides is 2. The van der Waals surface area contributed by atoms with Gasteiger partial charge in [0.15, 0.2) is 5.13 Å². The Labute approximate surface area is 195 Å². The third kappa shape index (κ3) is 5.89. The number of aryl methyl sites for hydroxylation is 1. The summed E-state index contributed by atoms with van der Waals surface area (Å²) >= 11 is 1.35. The van der Waals surface area contributed by atoms with Crippen molar-refractivity contribution in [3.63, 3.8) is 0 Å². The van der Waals surface area contributed by atoms with Gasteiger partial charge in [-0.1, -0.05) is 43.3 Å². The SMILES string of the molecule is CC(C)c1ccc(-c2noc(CCC(=O)Nc3ccc(C(=O)Nc4nccs4)cc3)n2)cc1. The Morgan fingerprint density at radius 3 is 2.45 bits per heavy atom. The third-order valence-corrected chi connectivity index (χ3v) is 5.64. The number of aromatic nitrogens is 3. The van der Waals surface area contributed by atoms with Crippen molar-refractivity contribution in [2.75, 3.05) is 10.6 Å². The molecule has 33 heavy (non-hydrogen) atoms. The fourth-order valence-electron chi connectivity index (χ4n) is 3.09. The van der Waals surface area contributed by atoms with Crippen LogP contribution in [0.25, 0.3) is 11.4 Å². The van der Waals surface area contributed by atoms with Gasteiger partial charge < -0.3 is 9.84 Å². The second-order valence-electron chi connectivity index (χ2n) is 7.71. The highest BCUT2D eigenvalue weighted by atomic mass is 32.1. The number of benzene rings is 2. The van der Waals surface area contributed by atoms with E-state index in [1.807, 2.05) is 12.1 Å². The molecule has 2 N–H and O–H groups in total. The molecule has 0 aliphatic rings. The maximum absolute atomic E-state index is 12.3. The first-order chi connectivity index (χ1) is 16.0. The van der Waals surface area contributed by atoms with Gasteiger partial charge in [0.1, 0.15) is 0 Å². The lowest BCUT2D eigenvalue weighted by atomic mass is 10.0. The van der Waals surface area contributed by atoms with Crippen LogP contribution in [0.15, 0.2) is 64.6 Å². The van der Waals surface area contributed by atoms with Crippen LogP contribution in [0.1, 0.15) is 48.0 Å². The van der Waals surface area contributed by atoms with Gasteiger partial charge in [0.25, 0.3) is 5.91 Å². The molecule has 0 spiro atoms. The third-order valence-electron chi connectivity index (χ3n) is 4.95. The van der Waals surface area contributed by atoms with E-state index in [4.69, 9.17) is 4.52 Å². The molecule has 9 heteroatoms. The molecule has 2 amide bonds. The summed E-state index contributed by atoms with van der Waals surface area (Å²) in [5, 5.41) is 11.9. The van der Waals surface area contributed by atoms with Crippen molar-refractivity contribution in [3.8, 4) is 11.4 Å². The zero-order valence-corrected chi connectivity index (χ0v) is 19.1. The average molecular weight is 462 g/mol. The van der Waals surface area contributed by atoms with Crippen LogP contribution in [0.4, 0.5) is 10.8 Å². The Hall–Kier alpha value is -3.85. The molecule has 0 atom stereocenters. The number of nitrogens with zero attached hydrogens (tertiary/aromatic N) is 3. The Morgan fingerprint density at radius 1 is 1.03 bits per heavy atom. The quantitative estimate of drug-likeness (QED) is 0.376. The number of rotatable bonds is 8. The van der Waals surface area contributed by atoms with E-state index in [0.717, 1.165) is 5.56 Å². The summed E-state index contributed by atoms with van der Waals surface area (Å²) in [6, 6.07) is 14.7. The monoisotopic (exact) mass is 461 g/mol. The summed E-state index contributed by atoms with van der Waals surface area (Å²) in [7, 11) is 0. The van der Waals surface area contributed by atoms with E-state index in [9.17, 15) is 9.59 Å². The summed E-state index contributed by atoms with van der Waals surface area (Å²) in [4.78, 5) is 32.9. The summed E-state index contributed by atoms with van der Waals surface area (Å²) in [5.74, 6) is 0.926. The fourth-order valence-corrected chi connectivity index (χ4v) is 3.62. The molecule has 2 aromatic carbocycles. The Kier molecular flexibility index (Phi) is 6.89. The molecule has 2 heterocycles. The van der Waals surface area contributed by atoms with Crippen molar-refractivity contribution in [1.82, 2.24) is 15.1 Å². The Morgan fingerprint density at radius 2 is 1.79 bits per heavy atom. The molecule has 0 saturated heterocycles. The molecular weight excluding hydrogens is 438 g/mol. The molecule has 0 unspecified atom stereocenters. The Bertz CT molecular complexity index is 1220. The Balaban J connectivity index is 1.27. The van der Waals surface area contributed by atoms with Gasteiger partial charge in [-0.05, 0) is 35.7 Å². The van der Waals surface area contributed by atoms with E-state index in [2.05, 4.69) is 51.7 Å². The zero-order valence-electron chi connectivity index (χ0n) is 18.2. The molecule has 168 valence electrons. The van der Waals surface area contributed by atoms with Gasteiger partial charge in [-0.2, -0.15) is 4.98 Å². The average Bonchev–Trinajstić information content (AvgIpc) is 3.50. The topological polar surface area (TPSA) is 110 Å². The minimum atomic E-state index is -0.256. The van der Waals surface area contributed by atoms with E-state index >= 15 is 0 Å². The van der Waals surface area contributed by atoms with Crippen LogP contribution in [0.3, 0.4) is 0 Å². The van der Waals surface area contributed by atoms with E-state index in [1.54, 1.807) is 35.8 Å². The van der Waals surface area contributed by atoms with Crippen LogP contribution in [-0.2, 0) is 11.2 Å². The van der Waals surface area contributed by atoms with Gasteiger partial charge in [-0.3, -0.25) is 14.9 Å². The normalized spacial score (nSPS) is 10.9. The minimum absolute atomic E-state index is 0.184. The smallest absolute Gasteiger partial charge is 0.257 e. The first-order valence-corrected chi connectivity index (χ1v) is 11.4. The van der Waals surface area contributed by atoms with Crippen LogP contribution in [-0.4, -0.2) is 26.9 Å². The number of carbonyl (C=O) groups is 2. The van der Waals surface area contributed by atoms with Crippen molar-refractivity contribution in [2.45, 2.75) is 32.6 Å². The molecule has 8 nitrogen and oxygen atoms in total. The predicted octanol–water partition coefficient (Wildman–Crippen LogP) is 5.14. The van der Waals surface area contributed by atoms with Gasteiger partial charge in [0, 0.05) is 41.2 Å². The highest BCUT2D eigenvalue weighted by Crippen LogP contribution is 2.21. The van der Waals surface area contributed by atoms with Crippen molar-refractivity contribution in [3.05, 3.63) is 77.1 Å². The lowest BCUT2D eigenvalue weighted by molar-refractivity contribution is -0.116. The fraction of sp³-hybridized carbons (Fsp3) is 0.208. The molecule has 0 saturated carbocycles. The molecule has 2 aromatic heterocycles. The summed E-state index contributed by atoms with van der Waals surface area (Å²) in [6.07, 6.45) is 2.15. The van der Waals surface area contributed by atoms with Crippen LogP contribution in [0.2, 0.25) is 0 Å². The van der Waals surface area contributed by atoms with E-state index in [-0.39, 0.29) is 18.2 Å². The number of carbonyl (C=O) groups excluding carboxylic acids is 2. The van der Waals surface area contributed by atoms with Gasteiger partial charge in [0.05, 0.1) is 0 Å². The van der Waals surface area contributed by atoms with E-state index in [1.165, 1.54) is 16.9 Å². The lowest BCUT2D eigenvalue weighted by Crippen LogP contribution is -2.14. The van der Waals surface area contributed by atoms with Crippen molar-refractivity contribution < 1.29 is 14.1 Å². The highest BCUT2D eigenvalue weighted by molar-refractivity contribution is 7.13. The van der Waals surface area contributed by atoms with Crippen LogP contribution in [0.5, 0.6) is 0 Å². The highest BCUT2D eigenvalue weighted by Gasteiger charge is 2.12. The van der Waals surface area contributed by atoms with Crippen molar-refractivity contribution in [2.24, 2.45) is 0 Å². The zero-order chi connectivity index (χ0) is 23.2. The minimum Gasteiger partial charge on any atom is -0.339 e. The molecule has 4 aromatic rings. The number of anilines is 2. The van der Waals surface area contributed by atoms with Crippen molar-refractivity contribution >= 4 is 34.0 Å². The summed E-state index contributed by atoms with van der Waals surface area (Å²) in [6.45, 7) is 4.28. The lowest BCUT2D eigenvalue weighted by Gasteiger charge is -2.06. The number of thiazole rings is 1. The van der Waals surface area contributed by atoms with E-state index in [0.29, 0.717) is 40.4 Å². The second-order valence-corrected chi connectivity index (χ2v) is 8.60. The first kappa shape index (κ1) is 22.3. The second kappa shape index (κ2) is 10.2. The number of hydrogen-bond donors (Lipinski definition) is 2. The molecule has 0 fully saturated rings. The maximum atomic E-state index is 12.3. The molecule has 0 radical (unpaired) electrons. The maximum Gasteiger partial charge on any atom is 0.257 e. The van der Waals surface area contributed by atoms with Gasteiger partial charge >= 0.3 is 0 Å². The van der Waals surface area contributed by atoms with Crippen LogP contribution in [0, 0.1) is 0 Å². The molecule has 0 aliphatic heterocycles. The van der Waals surface area contributed by atoms with Crippen molar-refractivity contribution in [1.29, 1.82) is 0 Å². The predicted molar refractivity (Wildman–Crippen MR) is 127 cm³/mol. The molecule has 4 rings (SSSR count).